The Labute approximate surface area is 106 Å². The number of nitrogens with one attached hydrogen (secondary N) is 1. The van der Waals surface area contributed by atoms with Gasteiger partial charge in [-0.05, 0) is 43.2 Å². The molecule has 2 rings (SSSR count). The largest absolute Gasteiger partial charge is 0.481 e. The third-order valence-corrected chi connectivity index (χ3v) is 4.81. The van der Waals surface area contributed by atoms with Crippen LogP contribution in [0.25, 0.3) is 0 Å². The number of rotatable bonds is 6. The van der Waals surface area contributed by atoms with Gasteiger partial charge in [0.05, 0.1) is 5.41 Å². The number of hydrogen-bond acceptors (Lipinski definition) is 3. The van der Waals surface area contributed by atoms with Gasteiger partial charge in [-0.3, -0.25) is 4.79 Å². The van der Waals surface area contributed by atoms with Gasteiger partial charge in [0.2, 0.25) is 0 Å². The first kappa shape index (κ1) is 12.6. The molecule has 17 heavy (non-hydrogen) atoms. The Morgan fingerprint density at radius 3 is 2.82 bits per heavy atom. The van der Waals surface area contributed by atoms with Crippen molar-refractivity contribution >= 4 is 17.3 Å². The summed E-state index contributed by atoms with van der Waals surface area (Å²) in [6.45, 7) is 3.61. The van der Waals surface area contributed by atoms with Crippen LogP contribution in [-0.4, -0.2) is 24.2 Å². The number of hydrogen-bond donors (Lipinski definition) is 2. The molecule has 2 N–H and O–H groups in total. The van der Waals surface area contributed by atoms with E-state index in [4.69, 9.17) is 0 Å². The van der Waals surface area contributed by atoms with Crippen LogP contribution in [0.1, 0.15) is 29.7 Å². The molecule has 1 fully saturated rings. The van der Waals surface area contributed by atoms with Gasteiger partial charge < -0.3 is 10.4 Å². The lowest BCUT2D eigenvalue weighted by molar-refractivity contribution is -0.154. The van der Waals surface area contributed by atoms with Crippen molar-refractivity contribution in [1.29, 1.82) is 0 Å². The molecule has 3 nitrogen and oxygen atoms in total. The predicted molar refractivity (Wildman–Crippen MR) is 69.5 cm³/mol. The van der Waals surface area contributed by atoms with Gasteiger partial charge in [0.25, 0.3) is 0 Å². The van der Waals surface area contributed by atoms with E-state index in [9.17, 15) is 9.90 Å². The third-order valence-electron chi connectivity index (χ3n) is 3.72. The SMILES string of the molecule is Cc1ccsc1CCNCC1(C(=O)O)CCC1. The van der Waals surface area contributed by atoms with E-state index in [1.54, 1.807) is 11.3 Å². The fourth-order valence-corrected chi connectivity index (χ4v) is 3.17. The van der Waals surface area contributed by atoms with Crippen LogP contribution in [0.4, 0.5) is 0 Å². The van der Waals surface area contributed by atoms with Crippen LogP contribution in [-0.2, 0) is 11.2 Å². The van der Waals surface area contributed by atoms with E-state index in [1.807, 2.05) is 0 Å². The Morgan fingerprint density at radius 2 is 2.35 bits per heavy atom. The van der Waals surface area contributed by atoms with Gasteiger partial charge in [0.1, 0.15) is 0 Å². The van der Waals surface area contributed by atoms with Crippen molar-refractivity contribution in [3.8, 4) is 0 Å². The molecule has 1 saturated carbocycles. The molecule has 0 spiro atoms. The molecule has 0 aromatic carbocycles. The lowest BCUT2D eigenvalue weighted by Crippen LogP contribution is -2.46. The van der Waals surface area contributed by atoms with E-state index in [0.29, 0.717) is 6.54 Å². The molecule has 1 heterocycles. The van der Waals surface area contributed by atoms with Crippen LogP contribution in [0.2, 0.25) is 0 Å². The zero-order valence-electron chi connectivity index (χ0n) is 10.2. The first-order valence-electron chi connectivity index (χ1n) is 6.11. The minimum absolute atomic E-state index is 0.468. The molecule has 1 aliphatic carbocycles. The molecule has 1 aromatic heterocycles. The van der Waals surface area contributed by atoms with E-state index in [2.05, 4.69) is 23.7 Å². The van der Waals surface area contributed by atoms with E-state index in [1.165, 1.54) is 10.4 Å². The van der Waals surface area contributed by atoms with Crippen molar-refractivity contribution in [2.75, 3.05) is 13.1 Å². The third kappa shape index (κ3) is 2.69. The summed E-state index contributed by atoms with van der Waals surface area (Å²) in [5.74, 6) is -0.636. The predicted octanol–water partition coefficient (Wildman–Crippen LogP) is 2.44. The van der Waals surface area contributed by atoms with Gasteiger partial charge in [-0.2, -0.15) is 0 Å². The number of carboxylic acid groups (broad SMARTS) is 1. The van der Waals surface area contributed by atoms with Crippen LogP contribution >= 0.6 is 11.3 Å². The van der Waals surface area contributed by atoms with Crippen molar-refractivity contribution in [1.82, 2.24) is 5.32 Å². The number of thiophene rings is 1. The number of aryl methyl sites for hydroxylation is 1. The Bertz CT molecular complexity index is 396. The molecule has 0 bridgehead atoms. The smallest absolute Gasteiger partial charge is 0.310 e. The highest BCUT2D eigenvalue weighted by Crippen LogP contribution is 2.40. The molecule has 0 atom stereocenters. The minimum atomic E-state index is -0.636. The highest BCUT2D eigenvalue weighted by Gasteiger charge is 2.43. The lowest BCUT2D eigenvalue weighted by atomic mass is 9.69. The number of carboxylic acids is 1. The first-order valence-corrected chi connectivity index (χ1v) is 6.99. The minimum Gasteiger partial charge on any atom is -0.481 e. The summed E-state index contributed by atoms with van der Waals surface area (Å²) in [5.41, 5.74) is 0.873. The first-order chi connectivity index (χ1) is 8.14. The van der Waals surface area contributed by atoms with E-state index in [0.717, 1.165) is 32.2 Å². The summed E-state index contributed by atoms with van der Waals surface area (Å²) in [7, 11) is 0. The average Bonchev–Trinajstić information content (AvgIpc) is 2.61. The standard InChI is InChI=1S/C13H19NO2S/c1-10-4-8-17-11(10)3-7-14-9-13(12(15)16)5-2-6-13/h4,8,14H,2-3,5-7,9H2,1H3,(H,15,16). The molecule has 0 unspecified atom stereocenters. The zero-order valence-corrected chi connectivity index (χ0v) is 11.0. The summed E-state index contributed by atoms with van der Waals surface area (Å²) in [6, 6.07) is 2.13. The topological polar surface area (TPSA) is 49.3 Å². The quantitative estimate of drug-likeness (QED) is 0.766. The maximum atomic E-state index is 11.1. The Hall–Kier alpha value is -0.870. The highest BCUT2D eigenvalue weighted by atomic mass is 32.1. The van der Waals surface area contributed by atoms with Crippen LogP contribution in [0.3, 0.4) is 0 Å². The Morgan fingerprint density at radius 1 is 1.59 bits per heavy atom. The molecule has 0 saturated heterocycles. The van der Waals surface area contributed by atoms with Gasteiger partial charge in [0.15, 0.2) is 0 Å². The summed E-state index contributed by atoms with van der Waals surface area (Å²) in [5, 5.41) is 14.6. The molecule has 0 radical (unpaired) electrons. The van der Waals surface area contributed by atoms with Crippen molar-refractivity contribution in [2.45, 2.75) is 32.6 Å². The lowest BCUT2D eigenvalue weighted by Gasteiger charge is -2.37. The summed E-state index contributed by atoms with van der Waals surface area (Å²) < 4.78 is 0. The molecular formula is C13H19NO2S. The van der Waals surface area contributed by atoms with Crippen LogP contribution in [0, 0.1) is 12.3 Å². The van der Waals surface area contributed by atoms with Crippen molar-refractivity contribution in [2.24, 2.45) is 5.41 Å². The van der Waals surface area contributed by atoms with E-state index < -0.39 is 11.4 Å². The monoisotopic (exact) mass is 253 g/mol. The summed E-state index contributed by atoms with van der Waals surface area (Å²) in [4.78, 5) is 12.5. The second kappa shape index (κ2) is 5.19. The fourth-order valence-electron chi connectivity index (χ4n) is 2.26. The number of aliphatic carboxylic acids is 1. The van der Waals surface area contributed by atoms with E-state index >= 15 is 0 Å². The maximum Gasteiger partial charge on any atom is 0.310 e. The van der Waals surface area contributed by atoms with Crippen molar-refractivity contribution in [3.05, 3.63) is 21.9 Å². The number of carbonyl (C=O) groups is 1. The fraction of sp³-hybridized carbons (Fsp3) is 0.615. The normalized spacial score (nSPS) is 17.7. The second-order valence-electron chi connectivity index (χ2n) is 4.89. The molecule has 4 heteroatoms. The Kier molecular flexibility index (Phi) is 3.84. The summed E-state index contributed by atoms with van der Waals surface area (Å²) >= 11 is 1.78. The van der Waals surface area contributed by atoms with Gasteiger partial charge in [-0.15, -0.1) is 11.3 Å². The van der Waals surface area contributed by atoms with Crippen LogP contribution < -0.4 is 5.32 Å². The maximum absolute atomic E-state index is 11.1. The highest BCUT2D eigenvalue weighted by molar-refractivity contribution is 7.10. The average molecular weight is 253 g/mol. The molecule has 0 amide bonds. The second-order valence-corrected chi connectivity index (χ2v) is 5.89. The molecule has 1 aliphatic rings. The molecule has 1 aromatic rings. The van der Waals surface area contributed by atoms with Crippen molar-refractivity contribution in [3.63, 3.8) is 0 Å². The van der Waals surface area contributed by atoms with Gasteiger partial charge >= 0.3 is 5.97 Å². The molecule has 0 aliphatic heterocycles. The van der Waals surface area contributed by atoms with Gasteiger partial charge in [0, 0.05) is 18.0 Å². The zero-order chi connectivity index (χ0) is 12.3. The van der Waals surface area contributed by atoms with Crippen molar-refractivity contribution < 1.29 is 9.90 Å². The van der Waals surface area contributed by atoms with Crippen LogP contribution in [0.5, 0.6) is 0 Å². The van der Waals surface area contributed by atoms with Gasteiger partial charge in [-0.1, -0.05) is 6.42 Å². The summed E-state index contributed by atoms with van der Waals surface area (Å²) in [6.07, 6.45) is 3.71. The van der Waals surface area contributed by atoms with Crippen LogP contribution in [0.15, 0.2) is 11.4 Å². The Balaban J connectivity index is 1.73. The van der Waals surface area contributed by atoms with E-state index in [-0.39, 0.29) is 0 Å². The van der Waals surface area contributed by atoms with Gasteiger partial charge in [-0.25, -0.2) is 0 Å². The molecule has 94 valence electrons. The molecular weight excluding hydrogens is 234 g/mol.